The molecule has 1 aliphatic heterocycles. The molecule has 28 heavy (non-hydrogen) atoms. The minimum Gasteiger partial charge on any atom is -0.335 e. The number of thiophene rings is 1. The molecule has 5 rings (SSSR count). The van der Waals surface area contributed by atoms with E-state index in [1.165, 1.54) is 27.1 Å². The Morgan fingerprint density at radius 1 is 0.964 bits per heavy atom. The lowest BCUT2D eigenvalue weighted by molar-refractivity contribution is 0.0633. The van der Waals surface area contributed by atoms with Crippen molar-refractivity contribution in [2.75, 3.05) is 26.2 Å². The smallest absolute Gasteiger partial charge is 0.264 e. The third-order valence-corrected chi connectivity index (χ3v) is 6.96. The highest BCUT2D eigenvalue weighted by atomic mass is 32.1. The summed E-state index contributed by atoms with van der Waals surface area (Å²) in [6.07, 6.45) is 5.79. The number of aromatic nitrogens is 1. The number of carbonyl (C=O) groups is 1. The first-order valence-corrected chi connectivity index (χ1v) is 10.7. The minimum absolute atomic E-state index is 0.195. The van der Waals surface area contributed by atoms with Gasteiger partial charge in [-0.15, -0.1) is 11.3 Å². The molecule has 0 spiro atoms. The van der Waals surface area contributed by atoms with Crippen molar-refractivity contribution in [1.82, 2.24) is 14.8 Å². The summed E-state index contributed by atoms with van der Waals surface area (Å²) in [4.78, 5) is 23.8. The summed E-state index contributed by atoms with van der Waals surface area (Å²) in [7, 11) is 0. The Balaban J connectivity index is 1.27. The monoisotopic (exact) mass is 389 g/mol. The average molecular weight is 390 g/mol. The number of hydrogen-bond acceptors (Lipinski definition) is 4. The van der Waals surface area contributed by atoms with Gasteiger partial charge in [0, 0.05) is 50.0 Å². The number of piperazine rings is 1. The van der Waals surface area contributed by atoms with Crippen molar-refractivity contribution in [1.29, 1.82) is 0 Å². The lowest BCUT2D eigenvalue weighted by atomic mass is 9.91. The highest BCUT2D eigenvalue weighted by molar-refractivity contribution is 7.17. The molecule has 1 aliphatic carbocycles. The highest BCUT2D eigenvalue weighted by Crippen LogP contribution is 2.39. The molecule has 0 bridgehead atoms. The number of fused-ring (bicyclic) bond motifs is 3. The van der Waals surface area contributed by atoms with Gasteiger partial charge in [-0.2, -0.15) is 0 Å². The quantitative estimate of drug-likeness (QED) is 0.682. The van der Waals surface area contributed by atoms with Crippen LogP contribution < -0.4 is 0 Å². The summed E-state index contributed by atoms with van der Waals surface area (Å²) in [5, 5.41) is 0. The van der Waals surface area contributed by atoms with Gasteiger partial charge in [0.15, 0.2) is 0 Å². The van der Waals surface area contributed by atoms with Gasteiger partial charge >= 0.3 is 0 Å². The summed E-state index contributed by atoms with van der Waals surface area (Å²) in [5.74, 6) is 0.195. The molecule has 0 atom stereocenters. The van der Waals surface area contributed by atoms with Gasteiger partial charge in [-0.05, 0) is 53.3 Å². The van der Waals surface area contributed by atoms with Crippen LogP contribution in [0.4, 0.5) is 0 Å². The second-order valence-corrected chi connectivity index (χ2v) is 8.60. The van der Waals surface area contributed by atoms with E-state index in [2.05, 4.69) is 52.3 Å². The van der Waals surface area contributed by atoms with E-state index in [4.69, 9.17) is 0 Å². The number of aryl methyl sites for hydroxylation is 2. The number of pyridine rings is 1. The van der Waals surface area contributed by atoms with Crippen molar-refractivity contribution in [2.45, 2.75) is 19.4 Å². The SMILES string of the molecule is O=C(c1cc2c(s1)-c1ccccc1CC2)N1CCN(Cc2ccncc2)CC1. The molecule has 1 aromatic carbocycles. The molecular formula is C23H23N3OS. The van der Waals surface area contributed by atoms with Crippen LogP contribution in [0.1, 0.15) is 26.4 Å². The summed E-state index contributed by atoms with van der Waals surface area (Å²) < 4.78 is 0. The number of benzene rings is 1. The van der Waals surface area contributed by atoms with E-state index in [0.717, 1.165) is 50.4 Å². The van der Waals surface area contributed by atoms with E-state index in [9.17, 15) is 4.79 Å². The van der Waals surface area contributed by atoms with Crippen LogP contribution in [0.3, 0.4) is 0 Å². The lowest BCUT2D eigenvalue weighted by Crippen LogP contribution is -2.48. The minimum atomic E-state index is 0.195. The standard InChI is InChI=1S/C23H23N3OS/c27-23(26-13-11-25(12-14-26)16-17-7-9-24-10-8-17)21-15-19-6-5-18-3-1-2-4-20(18)22(19)28-21/h1-4,7-10,15H,5-6,11-14,16H2. The van der Waals surface area contributed by atoms with E-state index in [1.807, 2.05) is 17.3 Å². The first-order valence-electron chi connectivity index (χ1n) is 9.89. The average Bonchev–Trinajstić information content (AvgIpc) is 3.19. The van der Waals surface area contributed by atoms with Gasteiger partial charge in [0.1, 0.15) is 0 Å². The van der Waals surface area contributed by atoms with Crippen LogP contribution in [0.2, 0.25) is 0 Å². The van der Waals surface area contributed by atoms with E-state index >= 15 is 0 Å². The number of hydrogen-bond donors (Lipinski definition) is 0. The van der Waals surface area contributed by atoms with Crippen molar-refractivity contribution in [3.8, 4) is 10.4 Å². The first kappa shape index (κ1) is 17.6. The van der Waals surface area contributed by atoms with Crippen LogP contribution in [0.25, 0.3) is 10.4 Å². The van der Waals surface area contributed by atoms with Gasteiger partial charge in [0.05, 0.1) is 4.88 Å². The first-order chi connectivity index (χ1) is 13.8. The van der Waals surface area contributed by atoms with Crippen LogP contribution in [-0.4, -0.2) is 46.9 Å². The summed E-state index contributed by atoms with van der Waals surface area (Å²) in [6, 6.07) is 14.9. The molecule has 4 nitrogen and oxygen atoms in total. The molecule has 3 heterocycles. The Labute approximate surface area is 169 Å². The molecule has 0 N–H and O–H groups in total. The van der Waals surface area contributed by atoms with Crippen LogP contribution in [-0.2, 0) is 19.4 Å². The van der Waals surface area contributed by atoms with Crippen LogP contribution in [0.5, 0.6) is 0 Å². The Kier molecular flexibility index (Phi) is 4.71. The second kappa shape index (κ2) is 7.49. The third kappa shape index (κ3) is 3.36. The van der Waals surface area contributed by atoms with Crippen LogP contribution in [0, 0.1) is 0 Å². The van der Waals surface area contributed by atoms with Gasteiger partial charge < -0.3 is 4.90 Å². The number of amides is 1. The molecule has 3 aromatic rings. The molecule has 0 saturated carbocycles. The summed E-state index contributed by atoms with van der Waals surface area (Å²) in [6.45, 7) is 4.35. The maximum Gasteiger partial charge on any atom is 0.264 e. The van der Waals surface area contributed by atoms with Gasteiger partial charge in [0.25, 0.3) is 5.91 Å². The number of carbonyl (C=O) groups excluding carboxylic acids is 1. The molecule has 1 amide bonds. The normalized spacial score (nSPS) is 16.5. The van der Waals surface area contributed by atoms with Crippen LogP contribution in [0.15, 0.2) is 54.9 Å². The number of rotatable bonds is 3. The Hall–Kier alpha value is -2.50. The molecule has 142 valence electrons. The summed E-state index contributed by atoms with van der Waals surface area (Å²) in [5.41, 5.74) is 5.33. The largest absolute Gasteiger partial charge is 0.335 e. The third-order valence-electron chi connectivity index (χ3n) is 5.76. The van der Waals surface area contributed by atoms with Gasteiger partial charge in [-0.25, -0.2) is 0 Å². The Morgan fingerprint density at radius 3 is 2.54 bits per heavy atom. The predicted octanol–water partition coefficient (Wildman–Crippen LogP) is 3.87. The predicted molar refractivity (Wildman–Crippen MR) is 113 cm³/mol. The maximum absolute atomic E-state index is 13.1. The zero-order chi connectivity index (χ0) is 18.9. The van der Waals surface area contributed by atoms with Gasteiger partial charge in [-0.3, -0.25) is 14.7 Å². The molecule has 2 aromatic heterocycles. The molecule has 1 saturated heterocycles. The highest BCUT2D eigenvalue weighted by Gasteiger charge is 2.26. The van der Waals surface area contributed by atoms with Crippen LogP contribution >= 0.6 is 11.3 Å². The van der Waals surface area contributed by atoms with E-state index in [0.29, 0.717) is 0 Å². The zero-order valence-electron chi connectivity index (χ0n) is 15.8. The zero-order valence-corrected chi connectivity index (χ0v) is 16.6. The van der Waals surface area contributed by atoms with Gasteiger partial charge in [0.2, 0.25) is 0 Å². The topological polar surface area (TPSA) is 36.4 Å². The fourth-order valence-electron chi connectivity index (χ4n) is 4.19. The number of nitrogens with zero attached hydrogens (tertiary/aromatic N) is 3. The van der Waals surface area contributed by atoms with E-state index in [-0.39, 0.29) is 5.91 Å². The molecule has 1 fully saturated rings. The Morgan fingerprint density at radius 2 is 1.71 bits per heavy atom. The van der Waals surface area contributed by atoms with Crippen molar-refractivity contribution in [3.05, 3.63) is 76.4 Å². The lowest BCUT2D eigenvalue weighted by Gasteiger charge is -2.34. The van der Waals surface area contributed by atoms with E-state index in [1.54, 1.807) is 11.3 Å². The molecule has 2 aliphatic rings. The molecular weight excluding hydrogens is 366 g/mol. The maximum atomic E-state index is 13.1. The van der Waals surface area contributed by atoms with Crippen molar-refractivity contribution in [2.24, 2.45) is 0 Å². The van der Waals surface area contributed by atoms with E-state index < -0.39 is 0 Å². The fraction of sp³-hybridized carbons (Fsp3) is 0.304. The summed E-state index contributed by atoms with van der Waals surface area (Å²) >= 11 is 1.67. The molecule has 0 unspecified atom stereocenters. The molecule has 0 radical (unpaired) electrons. The van der Waals surface area contributed by atoms with Crippen molar-refractivity contribution >= 4 is 17.2 Å². The Bertz CT molecular complexity index is 990. The second-order valence-electron chi connectivity index (χ2n) is 7.55. The van der Waals surface area contributed by atoms with Gasteiger partial charge in [-0.1, -0.05) is 24.3 Å². The molecule has 5 heteroatoms. The van der Waals surface area contributed by atoms with Crippen molar-refractivity contribution in [3.63, 3.8) is 0 Å². The fourth-order valence-corrected chi connectivity index (χ4v) is 5.43. The van der Waals surface area contributed by atoms with Crippen molar-refractivity contribution < 1.29 is 4.79 Å².